The molecule has 5 nitrogen and oxygen atoms in total. The molecule has 1 aliphatic carbocycles. The number of unbranched alkanes of at least 4 members (excludes halogenated alkanes) is 1. The maximum Gasteiger partial charge on any atom is 0.251 e. The molecule has 1 N–H and O–H groups in total. The van der Waals surface area contributed by atoms with Gasteiger partial charge in [0, 0.05) is 34.6 Å². The summed E-state index contributed by atoms with van der Waals surface area (Å²) in [5.74, 6) is 1.20. The number of amides is 1. The summed E-state index contributed by atoms with van der Waals surface area (Å²) in [6.45, 7) is 5.58. The standard InChI is InChI=1S/C26H31BrN2O3/c1-2-12-29(13-4-3-11-28-26(31)18-5-8-21(27)9-6-18)22-14-20-15-23-19(7-10-24(23)30)16-25(20)32-17-22/h5-6,8-9,15-16,22H,2-4,7,10-14,17H2,1H3,(H,28,31). The van der Waals surface area contributed by atoms with Gasteiger partial charge in [0.2, 0.25) is 0 Å². The number of ether oxygens (including phenoxy) is 1. The second-order valence-corrected chi connectivity index (χ2v) is 9.63. The zero-order chi connectivity index (χ0) is 22.5. The summed E-state index contributed by atoms with van der Waals surface area (Å²) in [5, 5.41) is 3.02. The van der Waals surface area contributed by atoms with Crippen LogP contribution in [0.5, 0.6) is 5.75 Å². The van der Waals surface area contributed by atoms with E-state index in [1.54, 1.807) is 0 Å². The number of aryl methyl sites for hydroxylation is 1. The van der Waals surface area contributed by atoms with Crippen LogP contribution < -0.4 is 10.1 Å². The van der Waals surface area contributed by atoms with Gasteiger partial charge in [0.15, 0.2) is 5.78 Å². The molecule has 2 aromatic rings. The molecule has 0 fully saturated rings. The average molecular weight is 499 g/mol. The Hall–Kier alpha value is -2.18. The lowest BCUT2D eigenvalue weighted by atomic mass is 9.96. The first kappa shape index (κ1) is 23.0. The lowest BCUT2D eigenvalue weighted by Crippen LogP contribution is -2.44. The number of hydrogen-bond donors (Lipinski definition) is 1. The molecule has 0 saturated heterocycles. The number of nitrogens with zero attached hydrogens (tertiary/aromatic N) is 1. The predicted molar refractivity (Wildman–Crippen MR) is 130 cm³/mol. The van der Waals surface area contributed by atoms with Crippen LogP contribution in [0.1, 0.15) is 64.4 Å². The highest BCUT2D eigenvalue weighted by Crippen LogP contribution is 2.33. The van der Waals surface area contributed by atoms with Gasteiger partial charge in [-0.25, -0.2) is 0 Å². The van der Waals surface area contributed by atoms with E-state index in [2.05, 4.69) is 45.2 Å². The van der Waals surface area contributed by atoms with E-state index in [0.717, 1.165) is 72.1 Å². The Labute approximate surface area is 198 Å². The zero-order valence-corrected chi connectivity index (χ0v) is 20.2. The maximum atomic E-state index is 12.2. The number of carbonyl (C=O) groups is 2. The molecule has 4 rings (SSSR count). The van der Waals surface area contributed by atoms with E-state index in [4.69, 9.17) is 4.74 Å². The minimum atomic E-state index is -0.0257. The van der Waals surface area contributed by atoms with Crippen LogP contribution >= 0.6 is 15.9 Å². The SMILES string of the molecule is CCCN(CCCCNC(=O)c1ccc(Br)cc1)C1COc2cc3c(cc2C1)C(=O)CC3. The van der Waals surface area contributed by atoms with Crippen molar-refractivity contribution >= 4 is 27.6 Å². The number of benzene rings is 2. The molecular weight excluding hydrogens is 468 g/mol. The van der Waals surface area contributed by atoms with E-state index >= 15 is 0 Å². The van der Waals surface area contributed by atoms with Crippen molar-refractivity contribution in [1.29, 1.82) is 0 Å². The van der Waals surface area contributed by atoms with Gasteiger partial charge >= 0.3 is 0 Å². The third-order valence-corrected chi connectivity index (χ3v) is 6.91. The molecule has 0 spiro atoms. The highest BCUT2D eigenvalue weighted by atomic mass is 79.9. The van der Waals surface area contributed by atoms with Gasteiger partial charge in [-0.3, -0.25) is 14.5 Å². The second-order valence-electron chi connectivity index (χ2n) is 8.72. The normalized spacial score (nSPS) is 17.1. The lowest BCUT2D eigenvalue weighted by Gasteiger charge is -2.35. The fraction of sp³-hybridized carbons (Fsp3) is 0.462. The van der Waals surface area contributed by atoms with Crippen LogP contribution in [0.2, 0.25) is 0 Å². The van der Waals surface area contributed by atoms with Crippen LogP contribution in [-0.2, 0) is 12.8 Å². The van der Waals surface area contributed by atoms with Crippen molar-refractivity contribution in [1.82, 2.24) is 10.2 Å². The summed E-state index contributed by atoms with van der Waals surface area (Å²) < 4.78 is 7.09. The Bertz CT molecular complexity index is 974. The second kappa shape index (κ2) is 10.6. The van der Waals surface area contributed by atoms with Crippen molar-refractivity contribution in [2.45, 2.75) is 51.5 Å². The molecule has 1 atom stereocenters. The molecule has 6 heteroatoms. The van der Waals surface area contributed by atoms with E-state index in [-0.39, 0.29) is 11.7 Å². The van der Waals surface area contributed by atoms with E-state index in [1.807, 2.05) is 24.3 Å². The van der Waals surface area contributed by atoms with Crippen LogP contribution in [0.3, 0.4) is 0 Å². The summed E-state index contributed by atoms with van der Waals surface area (Å²) >= 11 is 3.39. The number of ketones is 1. The first-order valence-corrected chi connectivity index (χ1v) is 12.4. The summed E-state index contributed by atoms with van der Waals surface area (Å²) in [5.41, 5.74) is 3.89. The highest BCUT2D eigenvalue weighted by Gasteiger charge is 2.28. The Balaban J connectivity index is 1.27. The number of fused-ring (bicyclic) bond motifs is 2. The molecule has 1 unspecified atom stereocenters. The Morgan fingerprint density at radius 1 is 1.12 bits per heavy atom. The first-order valence-electron chi connectivity index (χ1n) is 11.6. The first-order chi connectivity index (χ1) is 15.5. The molecule has 1 amide bonds. The molecule has 32 heavy (non-hydrogen) atoms. The summed E-state index contributed by atoms with van der Waals surface area (Å²) in [4.78, 5) is 26.9. The predicted octanol–water partition coefficient (Wildman–Crippen LogP) is 4.80. The van der Waals surface area contributed by atoms with Crippen molar-refractivity contribution in [2.75, 3.05) is 26.2 Å². The van der Waals surface area contributed by atoms with Crippen LogP contribution in [0.4, 0.5) is 0 Å². The number of rotatable bonds is 9. The number of carbonyl (C=O) groups excluding carboxylic acids is 2. The molecule has 0 aromatic heterocycles. The van der Waals surface area contributed by atoms with Crippen molar-refractivity contribution in [3.63, 3.8) is 0 Å². The van der Waals surface area contributed by atoms with Crippen molar-refractivity contribution in [2.24, 2.45) is 0 Å². The largest absolute Gasteiger partial charge is 0.492 e. The van der Waals surface area contributed by atoms with Gasteiger partial charge < -0.3 is 10.1 Å². The van der Waals surface area contributed by atoms with Gasteiger partial charge in [-0.05, 0) is 92.7 Å². The molecular formula is C26H31BrN2O3. The van der Waals surface area contributed by atoms with Crippen molar-refractivity contribution in [3.05, 3.63) is 63.1 Å². The topological polar surface area (TPSA) is 58.6 Å². The van der Waals surface area contributed by atoms with E-state index in [0.29, 0.717) is 31.2 Å². The average Bonchev–Trinajstić information content (AvgIpc) is 3.16. The van der Waals surface area contributed by atoms with E-state index < -0.39 is 0 Å². The number of hydrogen-bond acceptors (Lipinski definition) is 4. The van der Waals surface area contributed by atoms with Crippen LogP contribution in [0.25, 0.3) is 0 Å². The van der Waals surface area contributed by atoms with Gasteiger partial charge in [0.05, 0.1) is 0 Å². The molecule has 1 heterocycles. The van der Waals surface area contributed by atoms with Gasteiger partial charge in [-0.15, -0.1) is 0 Å². The summed E-state index contributed by atoms with van der Waals surface area (Å²) in [7, 11) is 0. The fourth-order valence-electron chi connectivity index (χ4n) is 4.65. The van der Waals surface area contributed by atoms with Gasteiger partial charge in [-0.2, -0.15) is 0 Å². The van der Waals surface area contributed by atoms with Crippen LogP contribution in [0.15, 0.2) is 40.9 Å². The minimum absolute atomic E-state index is 0.0257. The molecule has 2 aromatic carbocycles. The maximum absolute atomic E-state index is 12.2. The fourth-order valence-corrected chi connectivity index (χ4v) is 4.92. The van der Waals surface area contributed by atoms with Gasteiger partial charge in [-0.1, -0.05) is 22.9 Å². The zero-order valence-electron chi connectivity index (χ0n) is 18.7. The molecule has 0 saturated carbocycles. The Kier molecular flexibility index (Phi) is 7.63. The third-order valence-electron chi connectivity index (χ3n) is 6.39. The minimum Gasteiger partial charge on any atom is -0.492 e. The smallest absolute Gasteiger partial charge is 0.251 e. The van der Waals surface area contributed by atoms with E-state index in [1.165, 1.54) is 0 Å². The lowest BCUT2D eigenvalue weighted by molar-refractivity contribution is 0.0949. The highest BCUT2D eigenvalue weighted by molar-refractivity contribution is 9.10. The Morgan fingerprint density at radius 3 is 2.72 bits per heavy atom. The Morgan fingerprint density at radius 2 is 1.94 bits per heavy atom. The van der Waals surface area contributed by atoms with E-state index in [9.17, 15) is 9.59 Å². The van der Waals surface area contributed by atoms with Gasteiger partial charge in [0.25, 0.3) is 5.91 Å². The molecule has 2 aliphatic rings. The number of halogens is 1. The van der Waals surface area contributed by atoms with Crippen molar-refractivity contribution in [3.8, 4) is 5.75 Å². The molecule has 0 radical (unpaired) electrons. The molecule has 0 bridgehead atoms. The third kappa shape index (κ3) is 5.41. The summed E-state index contributed by atoms with van der Waals surface area (Å²) in [6, 6.07) is 11.9. The number of Topliss-reactive ketones (excluding diaryl/α,β-unsaturated/α-hetero) is 1. The van der Waals surface area contributed by atoms with Crippen LogP contribution in [0, 0.1) is 0 Å². The monoisotopic (exact) mass is 498 g/mol. The quantitative estimate of drug-likeness (QED) is 0.504. The van der Waals surface area contributed by atoms with Gasteiger partial charge in [0.1, 0.15) is 12.4 Å². The summed E-state index contributed by atoms with van der Waals surface area (Å²) in [6.07, 6.45) is 5.44. The van der Waals surface area contributed by atoms with Crippen molar-refractivity contribution < 1.29 is 14.3 Å². The molecule has 170 valence electrons. The number of nitrogens with one attached hydrogen (secondary N) is 1. The van der Waals surface area contributed by atoms with Crippen LogP contribution in [-0.4, -0.2) is 48.9 Å². The molecule has 1 aliphatic heterocycles.